The number of nitrogens with one attached hydrogen (secondary N) is 1. The maximum Gasteiger partial charge on any atom is 0.0633 e. The van der Waals surface area contributed by atoms with Gasteiger partial charge in [-0.05, 0) is 43.9 Å². The summed E-state index contributed by atoms with van der Waals surface area (Å²) >= 11 is 0. The largest absolute Gasteiger partial charge is 0.394 e. The molecule has 0 aromatic carbocycles. The Bertz CT molecular complexity index is 243. The number of rotatable bonds is 4. The lowest BCUT2D eigenvalue weighted by Gasteiger charge is -2.32. The summed E-state index contributed by atoms with van der Waals surface area (Å²) < 4.78 is 0. The van der Waals surface area contributed by atoms with Gasteiger partial charge in [0.2, 0.25) is 0 Å². The third kappa shape index (κ3) is 4.52. The molecule has 3 N–H and O–H groups in total. The summed E-state index contributed by atoms with van der Waals surface area (Å²) in [6, 6.07) is 0.432. The van der Waals surface area contributed by atoms with Crippen molar-refractivity contribution in [1.82, 2.24) is 5.32 Å². The molecule has 1 aliphatic rings. The van der Waals surface area contributed by atoms with Gasteiger partial charge in [-0.1, -0.05) is 27.2 Å². The molecule has 1 fully saturated rings. The van der Waals surface area contributed by atoms with E-state index < -0.39 is 5.54 Å². The summed E-state index contributed by atoms with van der Waals surface area (Å²) in [5.41, 5.74) is -0.140. The van der Waals surface area contributed by atoms with Crippen LogP contribution in [0.5, 0.6) is 0 Å². The highest BCUT2D eigenvalue weighted by Gasteiger charge is 2.31. The minimum Gasteiger partial charge on any atom is -0.394 e. The van der Waals surface area contributed by atoms with E-state index in [1.54, 1.807) is 0 Å². The maximum atomic E-state index is 9.34. The maximum absolute atomic E-state index is 9.34. The quantitative estimate of drug-likeness (QED) is 0.677. The first-order valence-corrected chi connectivity index (χ1v) is 7.30. The van der Waals surface area contributed by atoms with Crippen molar-refractivity contribution in [2.24, 2.45) is 11.3 Å². The lowest BCUT2D eigenvalue weighted by Crippen LogP contribution is -2.53. The van der Waals surface area contributed by atoms with E-state index in [4.69, 9.17) is 0 Å². The van der Waals surface area contributed by atoms with Crippen LogP contribution in [0.2, 0.25) is 0 Å². The summed E-state index contributed by atoms with van der Waals surface area (Å²) in [6.07, 6.45) is 6.09. The van der Waals surface area contributed by atoms with E-state index in [1.165, 1.54) is 19.3 Å². The molecule has 1 saturated carbocycles. The van der Waals surface area contributed by atoms with Gasteiger partial charge in [-0.15, -0.1) is 0 Å². The summed E-state index contributed by atoms with van der Waals surface area (Å²) in [5, 5.41) is 22.1. The van der Waals surface area contributed by atoms with E-state index in [9.17, 15) is 10.2 Å². The van der Waals surface area contributed by atoms with Crippen LogP contribution in [-0.4, -0.2) is 35.0 Å². The van der Waals surface area contributed by atoms with Crippen LogP contribution in [0.4, 0.5) is 0 Å². The Morgan fingerprint density at radius 1 is 0.944 bits per heavy atom. The highest BCUT2D eigenvalue weighted by atomic mass is 16.3. The lowest BCUT2D eigenvalue weighted by molar-refractivity contribution is 0.0911. The average molecular weight is 257 g/mol. The second-order valence-corrected chi connectivity index (χ2v) is 7.29. The zero-order chi connectivity index (χ0) is 13.8. The van der Waals surface area contributed by atoms with Gasteiger partial charge in [-0.25, -0.2) is 0 Å². The third-order valence-electron chi connectivity index (χ3n) is 4.44. The van der Waals surface area contributed by atoms with Crippen LogP contribution in [-0.2, 0) is 0 Å². The van der Waals surface area contributed by atoms with Crippen molar-refractivity contribution < 1.29 is 10.2 Å². The number of hydrogen-bond acceptors (Lipinski definition) is 3. The Labute approximate surface area is 112 Å². The molecule has 0 spiro atoms. The van der Waals surface area contributed by atoms with E-state index in [0.29, 0.717) is 11.5 Å². The molecule has 3 heteroatoms. The van der Waals surface area contributed by atoms with Crippen molar-refractivity contribution in [2.45, 2.75) is 71.4 Å². The van der Waals surface area contributed by atoms with E-state index in [2.05, 4.69) is 26.1 Å². The highest BCUT2D eigenvalue weighted by Crippen LogP contribution is 2.37. The van der Waals surface area contributed by atoms with Gasteiger partial charge >= 0.3 is 0 Å². The van der Waals surface area contributed by atoms with Crippen molar-refractivity contribution in [3.63, 3.8) is 0 Å². The van der Waals surface area contributed by atoms with Crippen LogP contribution in [0.15, 0.2) is 0 Å². The normalized spacial score (nSPS) is 27.0. The molecule has 0 amide bonds. The molecule has 0 aromatic heterocycles. The minimum atomic E-state index is -0.535. The molecule has 0 saturated heterocycles. The summed E-state index contributed by atoms with van der Waals surface area (Å²) in [6.45, 7) is 8.86. The monoisotopic (exact) mass is 257 g/mol. The molecule has 108 valence electrons. The zero-order valence-corrected chi connectivity index (χ0v) is 12.5. The van der Waals surface area contributed by atoms with Crippen LogP contribution >= 0.6 is 0 Å². The van der Waals surface area contributed by atoms with E-state index in [-0.39, 0.29) is 13.2 Å². The molecule has 0 aromatic rings. The van der Waals surface area contributed by atoms with Crippen molar-refractivity contribution in [3.8, 4) is 0 Å². The molecule has 0 heterocycles. The average Bonchev–Trinajstić information content (AvgIpc) is 2.54. The first kappa shape index (κ1) is 15.9. The Hall–Kier alpha value is -0.120. The molecule has 18 heavy (non-hydrogen) atoms. The van der Waals surface area contributed by atoms with Gasteiger partial charge in [0.25, 0.3) is 0 Å². The van der Waals surface area contributed by atoms with Crippen molar-refractivity contribution >= 4 is 0 Å². The van der Waals surface area contributed by atoms with Gasteiger partial charge in [0.05, 0.1) is 18.8 Å². The zero-order valence-electron chi connectivity index (χ0n) is 12.5. The Morgan fingerprint density at radius 2 is 1.56 bits per heavy atom. The van der Waals surface area contributed by atoms with Gasteiger partial charge in [-0.2, -0.15) is 0 Å². The predicted molar refractivity (Wildman–Crippen MR) is 75.5 cm³/mol. The first-order valence-electron chi connectivity index (χ1n) is 7.30. The highest BCUT2D eigenvalue weighted by molar-refractivity contribution is 4.88. The molecule has 2 unspecified atom stereocenters. The van der Waals surface area contributed by atoms with Gasteiger partial charge in [0.1, 0.15) is 0 Å². The first-order chi connectivity index (χ1) is 8.30. The lowest BCUT2D eigenvalue weighted by atomic mass is 9.76. The number of aliphatic hydroxyl groups excluding tert-OH is 2. The van der Waals surface area contributed by atoms with E-state index >= 15 is 0 Å². The molecule has 1 aliphatic carbocycles. The molecule has 1 rings (SSSR count). The SMILES string of the molecule is CC(CO)(CO)NC1CCCC(C(C)(C)C)CC1. The molecule has 2 atom stereocenters. The number of aliphatic hydroxyl groups is 2. The van der Waals surface area contributed by atoms with Crippen LogP contribution in [0.1, 0.15) is 59.8 Å². The molecular formula is C15H31NO2. The van der Waals surface area contributed by atoms with Crippen LogP contribution < -0.4 is 5.32 Å². The van der Waals surface area contributed by atoms with Gasteiger partial charge in [0.15, 0.2) is 0 Å². The fraction of sp³-hybridized carbons (Fsp3) is 1.00. The number of hydrogen-bond donors (Lipinski definition) is 3. The Morgan fingerprint density at radius 3 is 2.06 bits per heavy atom. The van der Waals surface area contributed by atoms with Crippen molar-refractivity contribution in [3.05, 3.63) is 0 Å². The van der Waals surface area contributed by atoms with Crippen LogP contribution in [0.3, 0.4) is 0 Å². The Kier molecular flexibility index (Phi) is 5.63. The smallest absolute Gasteiger partial charge is 0.0633 e. The standard InChI is InChI=1S/C15H31NO2/c1-14(2,3)12-6-5-7-13(9-8-12)16-15(4,10-17)11-18/h12-13,16-18H,5-11H2,1-4H3. The van der Waals surface area contributed by atoms with E-state index in [0.717, 1.165) is 18.8 Å². The van der Waals surface area contributed by atoms with Gasteiger partial charge in [-0.3, -0.25) is 0 Å². The second-order valence-electron chi connectivity index (χ2n) is 7.29. The summed E-state index contributed by atoms with van der Waals surface area (Å²) in [4.78, 5) is 0. The van der Waals surface area contributed by atoms with Crippen LogP contribution in [0, 0.1) is 11.3 Å². The fourth-order valence-electron chi connectivity index (χ4n) is 2.95. The van der Waals surface area contributed by atoms with Crippen molar-refractivity contribution in [2.75, 3.05) is 13.2 Å². The Balaban J connectivity index is 2.52. The summed E-state index contributed by atoms with van der Waals surface area (Å²) in [7, 11) is 0. The topological polar surface area (TPSA) is 52.5 Å². The minimum absolute atomic E-state index is 0.0112. The molecule has 0 bridgehead atoms. The van der Waals surface area contributed by atoms with Gasteiger partial charge in [0, 0.05) is 6.04 Å². The molecule has 3 nitrogen and oxygen atoms in total. The van der Waals surface area contributed by atoms with Crippen molar-refractivity contribution in [1.29, 1.82) is 0 Å². The van der Waals surface area contributed by atoms with Crippen LogP contribution in [0.25, 0.3) is 0 Å². The van der Waals surface area contributed by atoms with E-state index in [1.807, 2.05) is 6.92 Å². The second kappa shape index (κ2) is 6.36. The summed E-state index contributed by atoms with van der Waals surface area (Å²) in [5.74, 6) is 0.791. The van der Waals surface area contributed by atoms with Gasteiger partial charge < -0.3 is 15.5 Å². The third-order valence-corrected chi connectivity index (χ3v) is 4.44. The molecule has 0 aliphatic heterocycles. The molecule has 0 radical (unpaired) electrons. The predicted octanol–water partition coefficient (Wildman–Crippen LogP) is 2.31. The fourth-order valence-corrected chi connectivity index (χ4v) is 2.95. The molecular weight excluding hydrogens is 226 g/mol.